The fourth-order valence-electron chi connectivity index (χ4n) is 9.90. The van der Waals surface area contributed by atoms with E-state index in [1.165, 1.54) is 55.5 Å². The van der Waals surface area contributed by atoms with Crippen molar-refractivity contribution in [3.63, 3.8) is 0 Å². The van der Waals surface area contributed by atoms with Crippen LogP contribution in [0.15, 0.2) is 152 Å². The number of hydrogen-bond donors (Lipinski definition) is 0. The van der Waals surface area contributed by atoms with Crippen LogP contribution in [0.3, 0.4) is 0 Å². The molecule has 0 fully saturated rings. The van der Waals surface area contributed by atoms with Gasteiger partial charge >= 0.3 is 0 Å². The molecule has 268 valence electrons. The van der Waals surface area contributed by atoms with Crippen LogP contribution in [0.5, 0.6) is 11.5 Å². The maximum atomic E-state index is 10.0. The lowest BCUT2D eigenvalue weighted by atomic mass is 9.34. The predicted molar refractivity (Wildman–Crippen MR) is 232 cm³/mol. The van der Waals surface area contributed by atoms with Crippen LogP contribution in [0.4, 0.5) is 17.1 Å². The highest BCUT2D eigenvalue weighted by Crippen LogP contribution is 2.63. The number of fused-ring (bicyclic) bond motifs is 11. The summed E-state index contributed by atoms with van der Waals surface area (Å²) in [6.45, 7) is 13.3. The Morgan fingerprint density at radius 1 is 0.527 bits per heavy atom. The van der Waals surface area contributed by atoms with Gasteiger partial charge in [0.1, 0.15) is 11.5 Å². The zero-order chi connectivity index (χ0) is 39.3. The highest BCUT2D eigenvalue weighted by molar-refractivity contribution is 6.97. The van der Waals surface area contributed by atoms with Gasteiger partial charge in [0.2, 0.25) is 0 Å². The minimum Gasteiger partial charge on any atom is -0.458 e. The van der Waals surface area contributed by atoms with Crippen LogP contribution in [-0.4, -0.2) is 6.71 Å². The number of nitrogens with zero attached hydrogens (tertiary/aromatic N) is 1. The third kappa shape index (κ3) is 4.81. The van der Waals surface area contributed by atoms with Gasteiger partial charge < -0.3 is 9.64 Å². The predicted octanol–water partition coefficient (Wildman–Crippen LogP) is 11.8. The zero-order valence-electron chi connectivity index (χ0n) is 34.4. The smallest absolute Gasteiger partial charge is 0.251 e. The third-order valence-corrected chi connectivity index (χ3v) is 12.3. The molecular weight excluding hydrogens is 665 g/mol. The van der Waals surface area contributed by atoms with Gasteiger partial charge in [-0.3, -0.25) is 0 Å². The van der Waals surface area contributed by atoms with Crippen molar-refractivity contribution in [3.05, 3.63) is 191 Å². The van der Waals surface area contributed by atoms with Gasteiger partial charge in [0.05, 0.1) is 19.5 Å². The van der Waals surface area contributed by atoms with E-state index in [0.717, 1.165) is 28.0 Å². The molecule has 55 heavy (non-hydrogen) atoms. The Balaban J connectivity index is 1.23. The second-order valence-corrected chi connectivity index (χ2v) is 16.4. The number of rotatable bonds is 5. The van der Waals surface area contributed by atoms with Crippen LogP contribution < -0.4 is 26.0 Å². The van der Waals surface area contributed by atoms with Crippen molar-refractivity contribution in [1.82, 2.24) is 0 Å². The van der Waals surface area contributed by atoms with Crippen LogP contribution in [0.2, 0.25) is 0 Å². The summed E-state index contributed by atoms with van der Waals surface area (Å²) < 4.78 is 26.2. The van der Waals surface area contributed by atoms with Gasteiger partial charge in [-0.15, -0.1) is 0 Å². The average molecular weight is 714 g/mol. The molecule has 7 aromatic carbocycles. The Morgan fingerprint density at radius 3 is 1.60 bits per heavy atom. The van der Waals surface area contributed by atoms with Crippen LogP contribution in [-0.2, 0) is 5.41 Å². The van der Waals surface area contributed by atoms with Gasteiger partial charge in [0, 0.05) is 11.8 Å². The average Bonchev–Trinajstić information content (AvgIpc) is 3.50. The van der Waals surface area contributed by atoms with E-state index >= 15 is 0 Å². The van der Waals surface area contributed by atoms with E-state index < -0.39 is 5.41 Å². The monoisotopic (exact) mass is 713 g/mol. The molecular formula is C52H46BNO. The standard InChI is InChI=1S/C52H46BNO/c1-32(2)35-29-39(33(3)4)51(40(30-35)34(5)6)53-45-23-13-16-26-49(45)55-50-31-36(27-28-46(50)53)54-47-24-14-11-21-43(47)52(44-22-12-15-25-48(44)54)41-19-9-7-17-37(41)38-18-8-10-20-42(38)52/h7-34H,1-6H3/i23D,28D. The topological polar surface area (TPSA) is 12.5 Å². The highest BCUT2D eigenvalue weighted by Gasteiger charge is 2.51. The molecule has 1 aliphatic carbocycles. The van der Waals surface area contributed by atoms with Gasteiger partial charge in [0.15, 0.2) is 0 Å². The molecule has 3 heteroatoms. The Labute approximate surface area is 329 Å². The lowest BCUT2D eigenvalue weighted by molar-refractivity contribution is 0.487. The van der Waals surface area contributed by atoms with Gasteiger partial charge in [-0.05, 0) is 103 Å². The Kier molecular flexibility index (Phi) is 7.25. The largest absolute Gasteiger partial charge is 0.458 e. The van der Waals surface area contributed by atoms with E-state index in [1.807, 2.05) is 24.3 Å². The van der Waals surface area contributed by atoms with Crippen molar-refractivity contribution in [1.29, 1.82) is 0 Å². The summed E-state index contributed by atoms with van der Waals surface area (Å²) in [6.07, 6.45) is 0. The molecule has 0 bridgehead atoms. The molecule has 2 aliphatic heterocycles. The number of anilines is 3. The number of benzene rings is 7. The van der Waals surface area contributed by atoms with Crippen molar-refractivity contribution in [3.8, 4) is 22.6 Å². The van der Waals surface area contributed by atoms with Crippen molar-refractivity contribution in [2.45, 2.75) is 64.7 Å². The Bertz CT molecular complexity index is 2640. The summed E-state index contributed by atoms with van der Waals surface area (Å²) in [4.78, 5) is 2.34. The van der Waals surface area contributed by atoms with E-state index in [9.17, 15) is 2.74 Å². The molecule has 0 saturated heterocycles. The molecule has 2 heterocycles. The quantitative estimate of drug-likeness (QED) is 0.165. The SMILES string of the molecule is [2H]c1cccc2c1B(c1c(C(C)C)cc(C(C)C)cc1C(C)C)c1c([2H])cc(N3c4ccccc4C4(c5ccccc5-c5ccccc54)c4ccccc43)cc1O2. The zero-order valence-corrected chi connectivity index (χ0v) is 32.4. The molecule has 1 spiro atoms. The molecule has 7 aromatic rings. The second-order valence-electron chi connectivity index (χ2n) is 16.4. The maximum absolute atomic E-state index is 10.0. The first-order chi connectivity index (χ1) is 27.6. The molecule has 0 N–H and O–H groups in total. The summed E-state index contributed by atoms with van der Waals surface area (Å²) in [7, 11) is 0. The van der Waals surface area contributed by atoms with Crippen LogP contribution in [0.25, 0.3) is 11.1 Å². The molecule has 0 unspecified atom stereocenters. The van der Waals surface area contributed by atoms with Crippen LogP contribution >= 0.6 is 0 Å². The summed E-state index contributed by atoms with van der Waals surface area (Å²) in [5, 5.41) is 0. The number of para-hydroxylation sites is 3. The maximum Gasteiger partial charge on any atom is 0.251 e. The van der Waals surface area contributed by atoms with Crippen molar-refractivity contribution in [2.24, 2.45) is 0 Å². The summed E-state index contributed by atoms with van der Waals surface area (Å²) in [5.41, 5.74) is 16.8. The van der Waals surface area contributed by atoms with Crippen molar-refractivity contribution in [2.75, 3.05) is 4.90 Å². The van der Waals surface area contributed by atoms with E-state index in [-0.39, 0.29) is 18.5 Å². The van der Waals surface area contributed by atoms with Gasteiger partial charge in [-0.25, -0.2) is 0 Å². The second kappa shape index (κ2) is 12.6. The lowest BCUT2D eigenvalue weighted by Gasteiger charge is -2.45. The minimum absolute atomic E-state index is 0.247. The molecule has 10 rings (SSSR count). The van der Waals surface area contributed by atoms with E-state index in [0.29, 0.717) is 29.5 Å². The molecule has 3 aliphatic rings. The van der Waals surface area contributed by atoms with Crippen LogP contribution in [0, 0.1) is 0 Å². The summed E-state index contributed by atoms with van der Waals surface area (Å²) >= 11 is 0. The highest BCUT2D eigenvalue weighted by atomic mass is 16.5. The van der Waals surface area contributed by atoms with Gasteiger partial charge in [-0.1, -0.05) is 168 Å². The number of ether oxygens (including phenoxy) is 1. The lowest BCUT2D eigenvalue weighted by Crippen LogP contribution is -2.57. The van der Waals surface area contributed by atoms with Crippen molar-refractivity contribution >= 4 is 40.2 Å². The minimum atomic E-state index is -0.511. The molecule has 0 aromatic heterocycles. The fraction of sp³-hybridized carbons (Fsp3) is 0.192. The molecule has 0 saturated carbocycles. The van der Waals surface area contributed by atoms with E-state index in [4.69, 9.17) is 4.74 Å². The normalized spacial score (nSPS) is 14.9. The van der Waals surface area contributed by atoms with E-state index in [1.54, 1.807) is 0 Å². The first-order valence-corrected chi connectivity index (χ1v) is 19.9. The first kappa shape index (κ1) is 31.5. The summed E-state index contributed by atoms with van der Waals surface area (Å²) in [5.74, 6) is 2.23. The molecule has 2 nitrogen and oxygen atoms in total. The van der Waals surface area contributed by atoms with Gasteiger partial charge in [0.25, 0.3) is 6.71 Å². The van der Waals surface area contributed by atoms with Crippen LogP contribution in [0.1, 0.15) is 101 Å². The number of hydrogen-bond acceptors (Lipinski definition) is 2. The molecule has 0 radical (unpaired) electrons. The van der Waals surface area contributed by atoms with Crippen molar-refractivity contribution < 1.29 is 7.48 Å². The Morgan fingerprint density at radius 2 is 1.04 bits per heavy atom. The summed E-state index contributed by atoms with van der Waals surface area (Å²) in [6, 6.07) is 50.9. The fourth-order valence-corrected chi connectivity index (χ4v) is 9.90. The third-order valence-electron chi connectivity index (χ3n) is 12.3. The van der Waals surface area contributed by atoms with E-state index in [2.05, 4.69) is 162 Å². The van der Waals surface area contributed by atoms with Gasteiger partial charge in [-0.2, -0.15) is 0 Å². The molecule has 0 amide bonds. The Hall–Kier alpha value is -5.80. The first-order valence-electron chi connectivity index (χ1n) is 20.9. The molecule has 0 atom stereocenters.